The first kappa shape index (κ1) is 15.8. The predicted molar refractivity (Wildman–Crippen MR) is 76.3 cm³/mol. The summed E-state index contributed by atoms with van der Waals surface area (Å²) in [5, 5.41) is 6.24. The zero-order valence-corrected chi connectivity index (χ0v) is 12.1. The number of hydrogen-bond acceptors (Lipinski definition) is 3. The van der Waals surface area contributed by atoms with E-state index in [4.69, 9.17) is 4.74 Å². The second-order valence-electron chi connectivity index (χ2n) is 4.56. The largest absolute Gasteiger partial charge is 0.383 e. The molecule has 0 aromatic carbocycles. The lowest BCUT2D eigenvalue weighted by Gasteiger charge is -2.26. The summed E-state index contributed by atoms with van der Waals surface area (Å²) in [6.07, 6.45) is 3.46. The van der Waals surface area contributed by atoms with Gasteiger partial charge in [-0.25, -0.2) is 4.99 Å². The van der Waals surface area contributed by atoms with Gasteiger partial charge in [0.2, 0.25) is 5.91 Å². The molecule has 0 aromatic rings. The van der Waals surface area contributed by atoms with E-state index >= 15 is 0 Å². The van der Waals surface area contributed by atoms with Crippen molar-refractivity contribution in [1.29, 1.82) is 0 Å². The molecule has 1 aliphatic rings. The van der Waals surface area contributed by atoms with Gasteiger partial charge in [-0.2, -0.15) is 0 Å². The van der Waals surface area contributed by atoms with E-state index in [1.807, 2.05) is 11.8 Å². The van der Waals surface area contributed by atoms with Crippen molar-refractivity contribution in [3.8, 4) is 0 Å². The van der Waals surface area contributed by atoms with E-state index in [0.717, 1.165) is 32.5 Å². The maximum atomic E-state index is 12.0. The summed E-state index contributed by atoms with van der Waals surface area (Å²) in [5.74, 6) is 0.786. The quantitative estimate of drug-likeness (QED) is 0.411. The summed E-state index contributed by atoms with van der Waals surface area (Å²) in [6, 6.07) is 0. The normalized spacial score (nSPS) is 16.3. The highest BCUT2D eigenvalue weighted by atomic mass is 16.5. The fourth-order valence-corrected chi connectivity index (χ4v) is 2.00. The maximum absolute atomic E-state index is 12.0. The van der Waals surface area contributed by atoms with Gasteiger partial charge in [-0.3, -0.25) is 4.79 Å². The minimum atomic E-state index is 0.114. The van der Waals surface area contributed by atoms with Crippen molar-refractivity contribution in [2.75, 3.05) is 46.4 Å². The van der Waals surface area contributed by atoms with Crippen molar-refractivity contribution >= 4 is 11.9 Å². The Morgan fingerprint density at radius 1 is 1.26 bits per heavy atom. The van der Waals surface area contributed by atoms with Gasteiger partial charge < -0.3 is 20.3 Å². The minimum Gasteiger partial charge on any atom is -0.383 e. The number of piperidine rings is 1. The molecular weight excluding hydrogens is 244 g/mol. The number of hydrogen-bond donors (Lipinski definition) is 2. The third kappa shape index (κ3) is 6.42. The fraction of sp³-hybridized carbons (Fsp3) is 0.846. The molecule has 1 saturated heterocycles. The fourth-order valence-electron chi connectivity index (χ4n) is 2.00. The highest BCUT2D eigenvalue weighted by molar-refractivity contribution is 5.84. The number of likely N-dealkylation sites (tertiary alicyclic amines) is 1. The van der Waals surface area contributed by atoms with Crippen LogP contribution < -0.4 is 10.6 Å². The van der Waals surface area contributed by atoms with Crippen molar-refractivity contribution in [2.24, 2.45) is 4.99 Å². The predicted octanol–water partition coefficient (Wildman–Crippen LogP) is 0.200. The van der Waals surface area contributed by atoms with E-state index < -0.39 is 0 Å². The van der Waals surface area contributed by atoms with E-state index in [1.165, 1.54) is 6.42 Å². The van der Waals surface area contributed by atoms with Crippen molar-refractivity contribution in [1.82, 2.24) is 15.5 Å². The summed E-state index contributed by atoms with van der Waals surface area (Å²) in [5.41, 5.74) is 0. The Morgan fingerprint density at radius 2 is 2.00 bits per heavy atom. The number of nitrogens with one attached hydrogen (secondary N) is 2. The summed E-state index contributed by atoms with van der Waals surface area (Å²) in [6.45, 7) is 6.04. The number of amides is 1. The molecule has 1 heterocycles. The van der Waals surface area contributed by atoms with E-state index in [2.05, 4.69) is 15.6 Å². The molecule has 0 bridgehead atoms. The van der Waals surface area contributed by atoms with Crippen LogP contribution in [0.1, 0.15) is 26.2 Å². The van der Waals surface area contributed by atoms with Gasteiger partial charge in [-0.05, 0) is 26.2 Å². The van der Waals surface area contributed by atoms with Crippen molar-refractivity contribution < 1.29 is 9.53 Å². The van der Waals surface area contributed by atoms with Gasteiger partial charge in [0, 0.05) is 33.3 Å². The number of carbonyl (C=O) groups is 1. The van der Waals surface area contributed by atoms with E-state index in [0.29, 0.717) is 19.1 Å². The Bertz CT molecular complexity index is 288. The monoisotopic (exact) mass is 270 g/mol. The van der Waals surface area contributed by atoms with Crippen LogP contribution in [0.5, 0.6) is 0 Å². The van der Waals surface area contributed by atoms with Crippen molar-refractivity contribution in [3.63, 3.8) is 0 Å². The second-order valence-corrected chi connectivity index (χ2v) is 4.56. The Hall–Kier alpha value is -1.30. The van der Waals surface area contributed by atoms with Gasteiger partial charge >= 0.3 is 0 Å². The van der Waals surface area contributed by atoms with Gasteiger partial charge in [0.25, 0.3) is 0 Å². The molecule has 0 aromatic heterocycles. The molecule has 1 fully saturated rings. The molecule has 2 N–H and O–H groups in total. The molecule has 0 saturated carbocycles. The van der Waals surface area contributed by atoms with Gasteiger partial charge in [-0.1, -0.05) is 0 Å². The molecule has 0 aliphatic carbocycles. The van der Waals surface area contributed by atoms with Crippen LogP contribution in [0.15, 0.2) is 4.99 Å². The van der Waals surface area contributed by atoms with Gasteiger partial charge in [-0.15, -0.1) is 0 Å². The Balaban J connectivity index is 2.37. The number of aliphatic imine (C=N–C) groups is 1. The van der Waals surface area contributed by atoms with E-state index in [1.54, 1.807) is 7.11 Å². The lowest BCUT2D eigenvalue weighted by molar-refractivity contribution is -0.130. The summed E-state index contributed by atoms with van der Waals surface area (Å²) < 4.78 is 4.97. The highest BCUT2D eigenvalue weighted by Crippen LogP contribution is 2.08. The molecule has 19 heavy (non-hydrogen) atoms. The van der Waals surface area contributed by atoms with Crippen LogP contribution in [0.4, 0.5) is 0 Å². The van der Waals surface area contributed by atoms with Gasteiger partial charge in [0.1, 0.15) is 6.54 Å². The Labute approximate surface area is 115 Å². The van der Waals surface area contributed by atoms with Crippen molar-refractivity contribution in [2.45, 2.75) is 26.2 Å². The Kier molecular flexibility index (Phi) is 7.97. The van der Waals surface area contributed by atoms with E-state index in [-0.39, 0.29) is 12.5 Å². The Morgan fingerprint density at radius 3 is 2.63 bits per heavy atom. The van der Waals surface area contributed by atoms with E-state index in [9.17, 15) is 4.79 Å². The molecule has 1 rings (SSSR count). The van der Waals surface area contributed by atoms with Crippen LogP contribution in [-0.4, -0.2) is 63.2 Å². The number of nitrogens with zero attached hydrogens (tertiary/aromatic N) is 2. The molecular formula is C13H26N4O2. The first-order valence-corrected chi connectivity index (χ1v) is 7.06. The third-order valence-electron chi connectivity index (χ3n) is 3.02. The first-order chi connectivity index (χ1) is 9.27. The minimum absolute atomic E-state index is 0.114. The van der Waals surface area contributed by atoms with Gasteiger partial charge in [0.15, 0.2) is 5.96 Å². The summed E-state index contributed by atoms with van der Waals surface area (Å²) in [4.78, 5) is 18.2. The molecule has 6 heteroatoms. The van der Waals surface area contributed by atoms with Crippen LogP contribution in [0, 0.1) is 0 Å². The zero-order valence-electron chi connectivity index (χ0n) is 12.1. The standard InChI is InChI=1S/C13H26N4O2/c1-3-14-13(15-7-10-19-2)16-11-12(18)17-8-5-4-6-9-17/h3-11H2,1-2H3,(H2,14,15,16). The van der Waals surface area contributed by atoms with Crippen LogP contribution in [-0.2, 0) is 9.53 Å². The average molecular weight is 270 g/mol. The molecule has 0 spiro atoms. The summed E-state index contributed by atoms with van der Waals surface area (Å²) >= 11 is 0. The molecule has 110 valence electrons. The lowest BCUT2D eigenvalue weighted by Crippen LogP contribution is -2.41. The lowest BCUT2D eigenvalue weighted by atomic mass is 10.1. The zero-order chi connectivity index (χ0) is 13.9. The molecule has 0 radical (unpaired) electrons. The number of methoxy groups -OCH3 is 1. The number of rotatable bonds is 6. The number of ether oxygens (including phenoxy) is 1. The van der Waals surface area contributed by atoms with Gasteiger partial charge in [0.05, 0.1) is 6.61 Å². The second kappa shape index (κ2) is 9.61. The summed E-state index contributed by atoms with van der Waals surface area (Å²) in [7, 11) is 1.66. The molecule has 0 atom stereocenters. The first-order valence-electron chi connectivity index (χ1n) is 7.06. The molecule has 1 aliphatic heterocycles. The topological polar surface area (TPSA) is 66.0 Å². The number of carbonyl (C=O) groups excluding carboxylic acids is 1. The van der Waals surface area contributed by atoms with Crippen LogP contribution in [0.3, 0.4) is 0 Å². The van der Waals surface area contributed by atoms with Crippen molar-refractivity contribution in [3.05, 3.63) is 0 Å². The molecule has 0 unspecified atom stereocenters. The molecule has 6 nitrogen and oxygen atoms in total. The smallest absolute Gasteiger partial charge is 0.244 e. The average Bonchev–Trinajstić information content (AvgIpc) is 2.45. The number of guanidine groups is 1. The van der Waals surface area contributed by atoms with Crippen LogP contribution in [0.25, 0.3) is 0 Å². The maximum Gasteiger partial charge on any atom is 0.244 e. The molecule has 1 amide bonds. The SMILES string of the molecule is CCNC(=NCC(=O)N1CCCCC1)NCCOC. The third-order valence-corrected chi connectivity index (χ3v) is 3.02. The highest BCUT2D eigenvalue weighted by Gasteiger charge is 2.15. The van der Waals surface area contributed by atoms with Crippen LogP contribution in [0.2, 0.25) is 0 Å². The van der Waals surface area contributed by atoms with Crippen LogP contribution >= 0.6 is 0 Å².